The van der Waals surface area contributed by atoms with E-state index in [-0.39, 0.29) is 11.9 Å². The van der Waals surface area contributed by atoms with Crippen LogP contribution in [-0.2, 0) is 0 Å². The number of nitrogens with one attached hydrogen (secondary N) is 2. The summed E-state index contributed by atoms with van der Waals surface area (Å²) in [6, 6.07) is 8.76. The van der Waals surface area contributed by atoms with E-state index in [0.717, 1.165) is 0 Å². The number of benzene rings is 1. The number of rotatable bonds is 4. The molecule has 17 heavy (non-hydrogen) atoms. The fraction of sp³-hybridized carbons (Fsp3) is 0.333. The molecule has 5 nitrogen and oxygen atoms in total. The molecule has 0 bridgehead atoms. The minimum atomic E-state index is -0.333. The Hall–Kier alpha value is -2.22. The van der Waals surface area contributed by atoms with Crippen LogP contribution in [0.5, 0.6) is 5.75 Å². The van der Waals surface area contributed by atoms with Crippen molar-refractivity contribution in [2.24, 2.45) is 5.92 Å². The molecule has 0 saturated heterocycles. The van der Waals surface area contributed by atoms with Crippen LogP contribution in [0.4, 0.5) is 10.5 Å². The Labute approximate surface area is 100 Å². The van der Waals surface area contributed by atoms with E-state index in [1.807, 2.05) is 6.07 Å². The average Bonchev–Trinajstić information content (AvgIpc) is 2.36. The van der Waals surface area contributed by atoms with E-state index in [9.17, 15) is 4.79 Å². The minimum Gasteiger partial charge on any atom is -0.497 e. The van der Waals surface area contributed by atoms with Gasteiger partial charge in [0.25, 0.3) is 0 Å². The Morgan fingerprint density at radius 3 is 3.00 bits per heavy atom. The highest BCUT2D eigenvalue weighted by atomic mass is 16.5. The third kappa shape index (κ3) is 4.43. The third-order valence-electron chi connectivity index (χ3n) is 2.12. The van der Waals surface area contributed by atoms with Crippen LogP contribution in [0.25, 0.3) is 0 Å². The predicted molar refractivity (Wildman–Crippen MR) is 64.8 cm³/mol. The molecule has 1 unspecified atom stereocenters. The summed E-state index contributed by atoms with van der Waals surface area (Å²) in [5.41, 5.74) is 0.645. The SMILES string of the molecule is COc1cccc(NC(=O)NCC(C)C#N)c1. The number of hydrogen-bond donors (Lipinski definition) is 2. The maximum Gasteiger partial charge on any atom is 0.319 e. The number of carbonyl (C=O) groups is 1. The summed E-state index contributed by atoms with van der Waals surface area (Å²) in [4.78, 5) is 11.5. The standard InChI is InChI=1S/C12H15N3O2/c1-9(7-13)8-14-12(16)15-10-4-3-5-11(6-10)17-2/h3-6,9H,8H2,1-2H3,(H2,14,15,16). The normalized spacial score (nSPS) is 11.1. The van der Waals surface area contributed by atoms with E-state index in [0.29, 0.717) is 18.0 Å². The number of nitriles is 1. The molecule has 0 aromatic heterocycles. The Kier molecular flexibility index (Phi) is 4.82. The summed E-state index contributed by atoms with van der Waals surface area (Å²) in [6.45, 7) is 2.07. The molecule has 0 aliphatic carbocycles. The highest BCUT2D eigenvalue weighted by Gasteiger charge is 2.04. The lowest BCUT2D eigenvalue weighted by Crippen LogP contribution is -2.31. The molecule has 2 amide bonds. The third-order valence-corrected chi connectivity index (χ3v) is 2.12. The van der Waals surface area contributed by atoms with Gasteiger partial charge in [0, 0.05) is 18.3 Å². The molecule has 0 heterocycles. The molecule has 0 radical (unpaired) electrons. The summed E-state index contributed by atoms with van der Waals surface area (Å²) in [7, 11) is 1.56. The van der Waals surface area contributed by atoms with Crippen molar-refractivity contribution in [1.29, 1.82) is 5.26 Å². The summed E-state index contributed by atoms with van der Waals surface area (Å²) >= 11 is 0. The maximum atomic E-state index is 11.5. The van der Waals surface area contributed by atoms with Gasteiger partial charge in [-0.3, -0.25) is 0 Å². The molecule has 1 rings (SSSR count). The van der Waals surface area contributed by atoms with Crippen LogP contribution in [0.3, 0.4) is 0 Å². The fourth-order valence-corrected chi connectivity index (χ4v) is 1.17. The van der Waals surface area contributed by atoms with Gasteiger partial charge < -0.3 is 15.4 Å². The molecule has 5 heteroatoms. The van der Waals surface area contributed by atoms with E-state index < -0.39 is 0 Å². The van der Waals surface area contributed by atoms with Gasteiger partial charge in [-0.05, 0) is 19.1 Å². The first-order chi connectivity index (χ1) is 8.15. The Balaban J connectivity index is 2.48. The highest BCUT2D eigenvalue weighted by molar-refractivity contribution is 5.89. The van der Waals surface area contributed by atoms with Gasteiger partial charge in [0.2, 0.25) is 0 Å². The zero-order valence-electron chi connectivity index (χ0n) is 9.86. The number of urea groups is 1. The first kappa shape index (κ1) is 12.8. The molecule has 2 N–H and O–H groups in total. The number of nitrogens with zero attached hydrogens (tertiary/aromatic N) is 1. The number of anilines is 1. The van der Waals surface area contributed by atoms with E-state index in [4.69, 9.17) is 10.00 Å². The number of methoxy groups -OCH3 is 1. The van der Waals surface area contributed by atoms with Crippen LogP contribution < -0.4 is 15.4 Å². The second-order valence-corrected chi connectivity index (χ2v) is 3.60. The molecule has 1 atom stereocenters. The van der Waals surface area contributed by atoms with Crippen LogP contribution in [-0.4, -0.2) is 19.7 Å². The lowest BCUT2D eigenvalue weighted by molar-refractivity contribution is 0.251. The predicted octanol–water partition coefficient (Wildman–Crippen LogP) is 1.98. The van der Waals surface area contributed by atoms with Crippen LogP contribution in [0.1, 0.15) is 6.92 Å². The second-order valence-electron chi connectivity index (χ2n) is 3.60. The quantitative estimate of drug-likeness (QED) is 0.835. The lowest BCUT2D eigenvalue weighted by atomic mass is 10.2. The number of carbonyl (C=O) groups excluding carboxylic acids is 1. The first-order valence-corrected chi connectivity index (χ1v) is 5.24. The van der Waals surface area contributed by atoms with E-state index >= 15 is 0 Å². The zero-order valence-corrected chi connectivity index (χ0v) is 9.86. The lowest BCUT2D eigenvalue weighted by Gasteiger charge is -2.09. The Bertz CT molecular complexity index is 426. The van der Waals surface area contributed by atoms with Gasteiger partial charge in [0.1, 0.15) is 5.75 Å². The monoisotopic (exact) mass is 233 g/mol. The summed E-state index contributed by atoms with van der Waals surface area (Å²) in [5, 5.41) is 13.8. The summed E-state index contributed by atoms with van der Waals surface area (Å²) in [5.74, 6) is 0.472. The van der Waals surface area contributed by atoms with Gasteiger partial charge in [-0.15, -0.1) is 0 Å². The molecule has 1 aromatic carbocycles. The molecule has 0 aliphatic rings. The van der Waals surface area contributed by atoms with E-state index in [1.165, 1.54) is 0 Å². The van der Waals surface area contributed by atoms with Crippen molar-refractivity contribution in [1.82, 2.24) is 5.32 Å². The smallest absolute Gasteiger partial charge is 0.319 e. The number of amides is 2. The average molecular weight is 233 g/mol. The molecule has 0 saturated carbocycles. The fourth-order valence-electron chi connectivity index (χ4n) is 1.17. The van der Waals surface area contributed by atoms with Crippen LogP contribution in [0.15, 0.2) is 24.3 Å². The van der Waals surface area contributed by atoms with Gasteiger partial charge in [-0.2, -0.15) is 5.26 Å². The zero-order chi connectivity index (χ0) is 12.7. The minimum absolute atomic E-state index is 0.203. The molecule has 1 aromatic rings. The number of ether oxygens (including phenoxy) is 1. The van der Waals surface area contributed by atoms with E-state index in [2.05, 4.69) is 10.6 Å². The first-order valence-electron chi connectivity index (χ1n) is 5.24. The van der Waals surface area contributed by atoms with Crippen LogP contribution in [0, 0.1) is 17.2 Å². The Morgan fingerprint density at radius 1 is 1.59 bits per heavy atom. The van der Waals surface area contributed by atoms with Crippen molar-refractivity contribution < 1.29 is 9.53 Å². The summed E-state index contributed by atoms with van der Waals surface area (Å²) < 4.78 is 5.04. The molecule has 0 fully saturated rings. The molecule has 0 spiro atoms. The molecular weight excluding hydrogens is 218 g/mol. The maximum absolute atomic E-state index is 11.5. The van der Waals surface area contributed by atoms with Gasteiger partial charge in [-0.25, -0.2) is 4.79 Å². The van der Waals surface area contributed by atoms with Crippen molar-refractivity contribution >= 4 is 11.7 Å². The van der Waals surface area contributed by atoms with Crippen molar-refractivity contribution in [3.63, 3.8) is 0 Å². The molecule has 0 aliphatic heterocycles. The molecule has 90 valence electrons. The van der Waals surface area contributed by atoms with Gasteiger partial charge in [0.05, 0.1) is 19.1 Å². The van der Waals surface area contributed by atoms with Crippen molar-refractivity contribution in [3.8, 4) is 11.8 Å². The van der Waals surface area contributed by atoms with Crippen molar-refractivity contribution in [2.75, 3.05) is 19.0 Å². The second kappa shape index (κ2) is 6.38. The van der Waals surface area contributed by atoms with Gasteiger partial charge in [0.15, 0.2) is 0 Å². The van der Waals surface area contributed by atoms with Gasteiger partial charge >= 0.3 is 6.03 Å². The molecular formula is C12H15N3O2. The highest BCUT2D eigenvalue weighted by Crippen LogP contribution is 2.16. The number of hydrogen-bond acceptors (Lipinski definition) is 3. The largest absolute Gasteiger partial charge is 0.497 e. The topological polar surface area (TPSA) is 74.2 Å². The van der Waals surface area contributed by atoms with Crippen LogP contribution >= 0.6 is 0 Å². The van der Waals surface area contributed by atoms with E-state index in [1.54, 1.807) is 38.3 Å². The van der Waals surface area contributed by atoms with Crippen molar-refractivity contribution in [2.45, 2.75) is 6.92 Å². The Morgan fingerprint density at radius 2 is 2.35 bits per heavy atom. The van der Waals surface area contributed by atoms with Crippen LogP contribution in [0.2, 0.25) is 0 Å². The van der Waals surface area contributed by atoms with Gasteiger partial charge in [-0.1, -0.05) is 6.07 Å². The van der Waals surface area contributed by atoms with Crippen molar-refractivity contribution in [3.05, 3.63) is 24.3 Å². The summed E-state index contributed by atoms with van der Waals surface area (Å²) in [6.07, 6.45) is 0.